The highest BCUT2D eigenvalue weighted by Crippen LogP contribution is 2.26. The number of rotatable bonds is 7. The van der Waals surface area contributed by atoms with Gasteiger partial charge in [0.15, 0.2) is 0 Å². The zero-order valence-corrected chi connectivity index (χ0v) is 17.9. The summed E-state index contributed by atoms with van der Waals surface area (Å²) < 4.78 is 12.8. The molecule has 0 atom stereocenters. The number of carbonyl (C=O) groups excluding carboxylic acids is 1. The molecule has 4 rings (SSSR count). The number of fused-ring (bicyclic) bond motifs is 1. The Kier molecular flexibility index (Phi) is 5.89. The van der Waals surface area contributed by atoms with Gasteiger partial charge in [-0.25, -0.2) is 4.79 Å². The average molecular weight is 415 g/mol. The van der Waals surface area contributed by atoms with Gasteiger partial charge in [-0.3, -0.25) is 5.43 Å². The number of carbonyl (C=O) groups is 1. The number of aryl methyl sites for hydroxylation is 2. The van der Waals surface area contributed by atoms with Gasteiger partial charge in [-0.15, -0.1) is 0 Å². The van der Waals surface area contributed by atoms with Crippen molar-refractivity contribution in [2.45, 2.75) is 26.8 Å². The molecule has 31 heavy (non-hydrogen) atoms. The van der Waals surface area contributed by atoms with Gasteiger partial charge in [0.05, 0.1) is 25.6 Å². The van der Waals surface area contributed by atoms with Crippen molar-refractivity contribution in [2.24, 2.45) is 5.10 Å². The summed E-state index contributed by atoms with van der Waals surface area (Å²) in [6, 6.07) is 19.8. The van der Waals surface area contributed by atoms with Crippen molar-refractivity contribution in [2.75, 3.05) is 12.5 Å². The second kappa shape index (κ2) is 8.92. The van der Waals surface area contributed by atoms with Gasteiger partial charge >= 0.3 is 5.97 Å². The Hall–Kier alpha value is -3.80. The molecule has 0 aliphatic carbocycles. The van der Waals surface area contributed by atoms with Crippen molar-refractivity contribution >= 4 is 29.0 Å². The van der Waals surface area contributed by atoms with Gasteiger partial charge in [-0.05, 0) is 42.2 Å². The number of anilines is 1. The molecule has 0 fully saturated rings. The summed E-state index contributed by atoms with van der Waals surface area (Å²) in [6.07, 6.45) is 2.57. The lowest BCUT2D eigenvalue weighted by Gasteiger charge is -2.09. The molecule has 2 aromatic heterocycles. The van der Waals surface area contributed by atoms with Crippen molar-refractivity contribution in [1.29, 1.82) is 0 Å². The van der Waals surface area contributed by atoms with Crippen LogP contribution in [-0.4, -0.2) is 23.9 Å². The molecule has 0 unspecified atom stereocenters. The number of para-hydroxylation sites is 1. The normalized spacial score (nSPS) is 11.3. The van der Waals surface area contributed by atoms with E-state index >= 15 is 0 Å². The lowest BCUT2D eigenvalue weighted by molar-refractivity contribution is 0.0589. The fraction of sp³-hybridized carbons (Fsp3) is 0.200. The highest BCUT2D eigenvalue weighted by atomic mass is 16.5. The van der Waals surface area contributed by atoms with E-state index in [-0.39, 0.29) is 0 Å². The van der Waals surface area contributed by atoms with E-state index in [1.165, 1.54) is 12.7 Å². The van der Waals surface area contributed by atoms with Crippen molar-refractivity contribution < 1.29 is 13.9 Å². The number of furan rings is 1. The van der Waals surface area contributed by atoms with Crippen LogP contribution in [0.4, 0.5) is 5.69 Å². The molecule has 4 aromatic rings. The van der Waals surface area contributed by atoms with Gasteiger partial charge in [0.1, 0.15) is 11.5 Å². The first-order valence-corrected chi connectivity index (χ1v) is 10.2. The zero-order chi connectivity index (χ0) is 21.8. The molecule has 0 aliphatic heterocycles. The van der Waals surface area contributed by atoms with E-state index in [1.807, 2.05) is 47.0 Å². The molecule has 6 heteroatoms. The molecule has 0 aliphatic rings. The van der Waals surface area contributed by atoms with Gasteiger partial charge in [-0.2, -0.15) is 5.10 Å². The van der Waals surface area contributed by atoms with E-state index in [4.69, 9.17) is 9.15 Å². The zero-order valence-electron chi connectivity index (χ0n) is 17.9. The first-order valence-electron chi connectivity index (χ1n) is 10.2. The fourth-order valence-electron chi connectivity index (χ4n) is 3.67. The highest BCUT2D eigenvalue weighted by molar-refractivity contribution is 5.96. The average Bonchev–Trinajstić information content (AvgIpc) is 3.33. The number of nitrogens with zero attached hydrogens (tertiary/aromatic N) is 2. The van der Waals surface area contributed by atoms with Crippen molar-refractivity contribution in [3.05, 3.63) is 88.8 Å². The quantitative estimate of drug-likeness (QED) is 0.250. The topological polar surface area (TPSA) is 68.8 Å². The van der Waals surface area contributed by atoms with E-state index in [0.29, 0.717) is 23.7 Å². The number of nitrogens with one attached hydrogen (secondary N) is 1. The number of ether oxygens (including phenoxy) is 1. The SMILES string of the molecule is CCc1cccc(C)c1NN=Cc1cc2cc(C(=O)OC)n(Cc3ccccc3)c2o1. The predicted molar refractivity (Wildman–Crippen MR) is 123 cm³/mol. The Bertz CT molecular complexity index is 1240. The number of hydrazone groups is 1. The first kappa shape index (κ1) is 20.5. The van der Waals surface area contributed by atoms with Crippen LogP contribution < -0.4 is 5.43 Å². The van der Waals surface area contributed by atoms with Gasteiger partial charge in [0, 0.05) is 5.39 Å². The molecule has 6 nitrogen and oxygen atoms in total. The second-order valence-electron chi connectivity index (χ2n) is 7.33. The minimum atomic E-state index is -0.397. The Morgan fingerprint density at radius 1 is 1.16 bits per heavy atom. The standard InChI is InChI=1S/C25H25N3O3/c1-4-19-12-8-9-17(2)23(19)27-26-15-21-13-20-14-22(25(29)30-3)28(24(20)31-21)16-18-10-6-5-7-11-18/h5-15,27H,4,16H2,1-3H3. The second-order valence-corrected chi connectivity index (χ2v) is 7.33. The largest absolute Gasteiger partial charge is 0.464 e. The summed E-state index contributed by atoms with van der Waals surface area (Å²) in [5, 5.41) is 5.20. The van der Waals surface area contributed by atoms with E-state index in [2.05, 4.69) is 36.5 Å². The predicted octanol–water partition coefficient (Wildman–Crippen LogP) is 5.39. The van der Waals surface area contributed by atoms with Crippen LogP contribution in [0.15, 0.2) is 70.2 Å². The molecular formula is C25H25N3O3. The summed E-state index contributed by atoms with van der Waals surface area (Å²) in [5.74, 6) is 0.202. The molecule has 0 saturated carbocycles. The van der Waals surface area contributed by atoms with Crippen molar-refractivity contribution in [1.82, 2.24) is 4.57 Å². The number of esters is 1. The minimum absolute atomic E-state index is 0.397. The summed E-state index contributed by atoms with van der Waals surface area (Å²) in [7, 11) is 1.38. The van der Waals surface area contributed by atoms with Gasteiger partial charge in [-0.1, -0.05) is 55.5 Å². The van der Waals surface area contributed by atoms with E-state index in [1.54, 1.807) is 12.3 Å². The molecule has 0 saturated heterocycles. The highest BCUT2D eigenvalue weighted by Gasteiger charge is 2.19. The summed E-state index contributed by atoms with van der Waals surface area (Å²) in [6.45, 7) is 4.67. The number of hydrogen-bond donors (Lipinski definition) is 1. The maximum atomic E-state index is 12.3. The number of methoxy groups -OCH3 is 1. The summed E-state index contributed by atoms with van der Waals surface area (Å²) in [4.78, 5) is 12.3. The van der Waals surface area contributed by atoms with E-state index < -0.39 is 5.97 Å². The van der Waals surface area contributed by atoms with Crippen LogP contribution in [0.3, 0.4) is 0 Å². The molecule has 2 aromatic carbocycles. The van der Waals surface area contributed by atoms with Crippen LogP contribution >= 0.6 is 0 Å². The van der Waals surface area contributed by atoms with Crippen LogP contribution in [0.2, 0.25) is 0 Å². The van der Waals surface area contributed by atoms with Crippen LogP contribution in [0.5, 0.6) is 0 Å². The third-order valence-corrected chi connectivity index (χ3v) is 5.27. The monoisotopic (exact) mass is 415 g/mol. The van der Waals surface area contributed by atoms with Crippen molar-refractivity contribution in [3.8, 4) is 0 Å². The number of hydrogen-bond acceptors (Lipinski definition) is 5. The Morgan fingerprint density at radius 2 is 1.97 bits per heavy atom. The fourth-order valence-corrected chi connectivity index (χ4v) is 3.67. The van der Waals surface area contributed by atoms with Crippen LogP contribution in [0.25, 0.3) is 11.1 Å². The molecule has 0 amide bonds. The molecule has 158 valence electrons. The van der Waals surface area contributed by atoms with Crippen molar-refractivity contribution in [3.63, 3.8) is 0 Å². The molecule has 0 bridgehead atoms. The maximum Gasteiger partial charge on any atom is 0.354 e. The third-order valence-electron chi connectivity index (χ3n) is 5.27. The molecule has 1 N–H and O–H groups in total. The van der Waals surface area contributed by atoms with Gasteiger partial charge in [0.25, 0.3) is 0 Å². The van der Waals surface area contributed by atoms with Crippen LogP contribution in [-0.2, 0) is 17.7 Å². The number of benzene rings is 2. The lowest BCUT2D eigenvalue weighted by Crippen LogP contribution is -2.11. The maximum absolute atomic E-state index is 12.3. The Labute approximate surface area is 181 Å². The molecular weight excluding hydrogens is 390 g/mol. The minimum Gasteiger partial charge on any atom is -0.464 e. The summed E-state index contributed by atoms with van der Waals surface area (Å²) >= 11 is 0. The summed E-state index contributed by atoms with van der Waals surface area (Å²) in [5.41, 5.74) is 8.62. The number of aromatic nitrogens is 1. The lowest BCUT2D eigenvalue weighted by atomic mass is 10.1. The van der Waals surface area contributed by atoms with Gasteiger partial charge in [0.2, 0.25) is 5.71 Å². The molecule has 2 heterocycles. The van der Waals surface area contributed by atoms with Crippen LogP contribution in [0, 0.1) is 6.92 Å². The van der Waals surface area contributed by atoms with E-state index in [0.717, 1.165) is 28.6 Å². The first-order chi connectivity index (χ1) is 15.1. The Morgan fingerprint density at radius 3 is 2.71 bits per heavy atom. The van der Waals surface area contributed by atoms with E-state index in [9.17, 15) is 4.79 Å². The Balaban J connectivity index is 1.64. The smallest absolute Gasteiger partial charge is 0.354 e. The van der Waals surface area contributed by atoms with Crippen LogP contribution in [0.1, 0.15) is 39.9 Å². The van der Waals surface area contributed by atoms with Gasteiger partial charge < -0.3 is 13.7 Å². The third kappa shape index (κ3) is 4.23. The molecule has 0 radical (unpaired) electrons. The molecule has 0 spiro atoms.